The Morgan fingerprint density at radius 3 is 2.30 bits per heavy atom. The van der Waals surface area contributed by atoms with Gasteiger partial charge >= 0.3 is 0 Å². The van der Waals surface area contributed by atoms with Gasteiger partial charge in [-0.25, -0.2) is 0 Å². The van der Waals surface area contributed by atoms with Crippen molar-refractivity contribution >= 4 is 0 Å². The normalized spacial score (nSPS) is 22.9. The molecule has 0 N–H and O–H groups in total. The van der Waals surface area contributed by atoms with E-state index in [1.807, 2.05) is 0 Å². The SMILES string of the molecule is CN(CCc1ccccc1)C[C@H]1C[C@H](c2ccc(CN3CCCC3)cc2)C1. The van der Waals surface area contributed by atoms with Crippen LogP contribution in [0, 0.1) is 5.92 Å². The summed E-state index contributed by atoms with van der Waals surface area (Å²) in [6.45, 7) is 6.11. The number of likely N-dealkylation sites (N-methyl/N-ethyl adjacent to an activating group) is 1. The quantitative estimate of drug-likeness (QED) is 0.655. The second kappa shape index (κ2) is 9.03. The highest BCUT2D eigenvalue weighted by atomic mass is 15.1. The summed E-state index contributed by atoms with van der Waals surface area (Å²) in [6, 6.07) is 20.4. The van der Waals surface area contributed by atoms with Crippen molar-refractivity contribution in [3.8, 4) is 0 Å². The maximum atomic E-state index is 2.58. The molecule has 1 aliphatic heterocycles. The number of rotatable bonds is 8. The van der Waals surface area contributed by atoms with E-state index in [-0.39, 0.29) is 0 Å². The molecule has 2 fully saturated rings. The van der Waals surface area contributed by atoms with Crippen molar-refractivity contribution in [3.63, 3.8) is 0 Å². The van der Waals surface area contributed by atoms with Crippen LogP contribution in [0.2, 0.25) is 0 Å². The highest BCUT2D eigenvalue weighted by Crippen LogP contribution is 2.41. The van der Waals surface area contributed by atoms with Gasteiger partial charge in [-0.1, -0.05) is 54.6 Å². The van der Waals surface area contributed by atoms with E-state index in [1.165, 1.54) is 56.4 Å². The molecule has 2 heteroatoms. The summed E-state index contributed by atoms with van der Waals surface area (Å²) < 4.78 is 0. The zero-order valence-corrected chi connectivity index (χ0v) is 16.8. The molecule has 2 aliphatic rings. The molecule has 0 atom stereocenters. The molecule has 144 valence electrons. The molecule has 1 saturated carbocycles. The fraction of sp³-hybridized carbons (Fsp3) is 0.520. The van der Waals surface area contributed by atoms with E-state index in [2.05, 4.69) is 71.4 Å². The zero-order valence-electron chi connectivity index (χ0n) is 16.8. The molecular formula is C25H34N2. The molecular weight excluding hydrogens is 328 g/mol. The van der Waals surface area contributed by atoms with E-state index in [4.69, 9.17) is 0 Å². The van der Waals surface area contributed by atoms with E-state index in [9.17, 15) is 0 Å². The van der Waals surface area contributed by atoms with E-state index in [1.54, 1.807) is 5.56 Å². The molecule has 0 spiro atoms. The minimum atomic E-state index is 0.790. The Balaban J connectivity index is 1.17. The molecule has 0 amide bonds. The molecule has 1 heterocycles. The van der Waals surface area contributed by atoms with E-state index in [0.717, 1.165) is 31.3 Å². The Bertz CT molecular complexity index is 682. The maximum Gasteiger partial charge on any atom is 0.0233 e. The second-order valence-corrected chi connectivity index (χ2v) is 8.76. The average Bonchev–Trinajstić information content (AvgIpc) is 3.17. The highest BCUT2D eigenvalue weighted by molar-refractivity contribution is 5.27. The summed E-state index contributed by atoms with van der Waals surface area (Å²) in [5, 5.41) is 0. The van der Waals surface area contributed by atoms with Crippen LogP contribution >= 0.6 is 0 Å². The molecule has 1 aliphatic carbocycles. The van der Waals surface area contributed by atoms with Gasteiger partial charge in [-0.05, 0) is 80.8 Å². The third-order valence-corrected chi connectivity index (χ3v) is 6.49. The topological polar surface area (TPSA) is 6.48 Å². The van der Waals surface area contributed by atoms with Crippen molar-refractivity contribution in [2.24, 2.45) is 5.92 Å². The molecule has 0 aromatic heterocycles. The number of nitrogens with zero attached hydrogens (tertiary/aromatic N) is 2. The Kier molecular flexibility index (Phi) is 6.26. The number of hydrogen-bond donors (Lipinski definition) is 0. The van der Waals surface area contributed by atoms with Crippen LogP contribution < -0.4 is 0 Å². The van der Waals surface area contributed by atoms with Crippen LogP contribution in [0.4, 0.5) is 0 Å². The first-order valence-corrected chi connectivity index (χ1v) is 10.8. The predicted octanol–water partition coefficient (Wildman–Crippen LogP) is 4.95. The molecule has 0 unspecified atom stereocenters. The molecule has 2 aromatic carbocycles. The monoisotopic (exact) mass is 362 g/mol. The number of benzene rings is 2. The molecule has 0 radical (unpaired) electrons. The van der Waals surface area contributed by atoms with E-state index < -0.39 is 0 Å². The van der Waals surface area contributed by atoms with Crippen molar-refractivity contribution < 1.29 is 0 Å². The number of hydrogen-bond acceptors (Lipinski definition) is 2. The first-order valence-electron chi connectivity index (χ1n) is 10.8. The van der Waals surface area contributed by atoms with Gasteiger partial charge in [-0.15, -0.1) is 0 Å². The van der Waals surface area contributed by atoms with Crippen LogP contribution in [-0.4, -0.2) is 43.0 Å². The van der Waals surface area contributed by atoms with Gasteiger partial charge in [0.15, 0.2) is 0 Å². The fourth-order valence-corrected chi connectivity index (χ4v) is 4.75. The Labute approximate surface area is 165 Å². The van der Waals surface area contributed by atoms with Gasteiger partial charge in [0.25, 0.3) is 0 Å². The summed E-state index contributed by atoms with van der Waals surface area (Å²) in [6.07, 6.45) is 6.64. The van der Waals surface area contributed by atoms with Crippen LogP contribution in [-0.2, 0) is 13.0 Å². The summed E-state index contributed by atoms with van der Waals surface area (Å²) in [4.78, 5) is 5.10. The Morgan fingerprint density at radius 2 is 1.59 bits per heavy atom. The van der Waals surface area contributed by atoms with Gasteiger partial charge in [0, 0.05) is 19.6 Å². The van der Waals surface area contributed by atoms with Crippen LogP contribution in [0.25, 0.3) is 0 Å². The van der Waals surface area contributed by atoms with Crippen molar-refractivity contribution in [1.82, 2.24) is 9.80 Å². The van der Waals surface area contributed by atoms with Crippen molar-refractivity contribution in [2.75, 3.05) is 33.2 Å². The number of likely N-dealkylation sites (tertiary alicyclic amines) is 1. The summed E-state index contributed by atoms with van der Waals surface area (Å²) in [5.41, 5.74) is 4.49. The van der Waals surface area contributed by atoms with Gasteiger partial charge < -0.3 is 4.90 Å². The Morgan fingerprint density at radius 1 is 0.889 bits per heavy atom. The minimum absolute atomic E-state index is 0.790. The lowest BCUT2D eigenvalue weighted by atomic mass is 9.71. The predicted molar refractivity (Wildman–Crippen MR) is 114 cm³/mol. The third-order valence-electron chi connectivity index (χ3n) is 6.49. The van der Waals surface area contributed by atoms with Gasteiger partial charge in [0.1, 0.15) is 0 Å². The van der Waals surface area contributed by atoms with Crippen LogP contribution in [0.5, 0.6) is 0 Å². The summed E-state index contributed by atoms with van der Waals surface area (Å²) in [5.74, 6) is 1.67. The largest absolute Gasteiger partial charge is 0.306 e. The molecule has 4 rings (SSSR count). The average molecular weight is 363 g/mol. The lowest BCUT2D eigenvalue weighted by Crippen LogP contribution is -2.34. The lowest BCUT2D eigenvalue weighted by molar-refractivity contribution is 0.182. The Hall–Kier alpha value is -1.64. The van der Waals surface area contributed by atoms with E-state index in [0.29, 0.717) is 0 Å². The van der Waals surface area contributed by atoms with Crippen molar-refractivity contribution in [2.45, 2.75) is 44.6 Å². The lowest BCUT2D eigenvalue weighted by Gasteiger charge is -2.38. The third kappa shape index (κ3) is 5.21. The van der Waals surface area contributed by atoms with Crippen molar-refractivity contribution in [3.05, 3.63) is 71.3 Å². The van der Waals surface area contributed by atoms with Gasteiger partial charge in [-0.3, -0.25) is 4.90 Å². The van der Waals surface area contributed by atoms with Gasteiger partial charge in [-0.2, -0.15) is 0 Å². The fourth-order valence-electron chi connectivity index (χ4n) is 4.75. The molecule has 1 saturated heterocycles. The summed E-state index contributed by atoms with van der Waals surface area (Å²) in [7, 11) is 2.28. The second-order valence-electron chi connectivity index (χ2n) is 8.76. The highest BCUT2D eigenvalue weighted by Gasteiger charge is 2.30. The maximum absolute atomic E-state index is 2.58. The van der Waals surface area contributed by atoms with Gasteiger partial charge in [0.05, 0.1) is 0 Å². The van der Waals surface area contributed by atoms with Crippen LogP contribution in [0.15, 0.2) is 54.6 Å². The van der Waals surface area contributed by atoms with Gasteiger partial charge in [0.2, 0.25) is 0 Å². The standard InChI is InChI=1S/C25H34N2/c1-26(16-13-21-7-3-2-4-8-21)19-23-17-25(18-23)24-11-9-22(10-12-24)20-27-14-5-6-15-27/h2-4,7-12,23,25H,5-6,13-20H2,1H3/t23-,25-. The molecule has 2 nitrogen and oxygen atoms in total. The van der Waals surface area contributed by atoms with Crippen LogP contribution in [0.1, 0.15) is 48.3 Å². The minimum Gasteiger partial charge on any atom is -0.306 e. The first-order chi connectivity index (χ1) is 13.3. The van der Waals surface area contributed by atoms with Crippen LogP contribution in [0.3, 0.4) is 0 Å². The van der Waals surface area contributed by atoms with E-state index >= 15 is 0 Å². The summed E-state index contributed by atoms with van der Waals surface area (Å²) >= 11 is 0. The molecule has 2 aromatic rings. The zero-order chi connectivity index (χ0) is 18.5. The smallest absolute Gasteiger partial charge is 0.0233 e. The first kappa shape index (κ1) is 18.7. The van der Waals surface area contributed by atoms with Crippen molar-refractivity contribution in [1.29, 1.82) is 0 Å². The molecule has 0 bridgehead atoms. The molecule has 27 heavy (non-hydrogen) atoms.